The Hall–Kier alpha value is -0.313. The normalized spacial score (nSPS) is 9.14. The molecule has 0 rings (SSSR count). The van der Waals surface area contributed by atoms with Gasteiger partial charge in [0.2, 0.25) is 5.91 Å². The molecule has 0 unspecified atom stereocenters. The zero-order chi connectivity index (χ0) is 5.86. The fraction of sp³-hybridized carbons (Fsp3) is 0.750. The van der Waals surface area contributed by atoms with Gasteiger partial charge in [-0.2, -0.15) is 0 Å². The van der Waals surface area contributed by atoms with Gasteiger partial charge in [0.25, 0.3) is 0 Å². The highest BCUT2D eigenvalue weighted by Gasteiger charge is 1.94. The second-order valence-electron chi connectivity index (χ2n) is 1.68. The zero-order valence-electron chi connectivity index (χ0n) is 4.91. The Morgan fingerprint density at radius 2 is 2.00 bits per heavy atom. The first-order valence-electron chi connectivity index (χ1n) is 2.20. The van der Waals surface area contributed by atoms with Crippen molar-refractivity contribution >= 4 is 14.9 Å². The molecule has 1 amide bonds. The summed E-state index contributed by atoms with van der Waals surface area (Å²) in [7, 11) is -0.534. The van der Waals surface area contributed by atoms with Crippen LogP contribution in [0.1, 0.15) is 6.92 Å². The molecule has 0 heterocycles. The maximum Gasteiger partial charge on any atom is 0.208 e. The van der Waals surface area contributed by atoms with Crippen molar-refractivity contribution in [2.75, 3.05) is 0 Å². The van der Waals surface area contributed by atoms with E-state index in [9.17, 15) is 4.79 Å². The molecule has 0 atom stereocenters. The summed E-state index contributed by atoms with van der Waals surface area (Å²) in [6, 6.07) is 0. The molecule has 1 radical (unpaired) electrons. The lowest BCUT2D eigenvalue weighted by atomic mass is 10.8. The predicted molar refractivity (Wildman–Crippen MR) is 31.3 cm³/mol. The number of hydrogen-bond donors (Lipinski definition) is 1. The lowest BCUT2D eigenvalue weighted by Gasteiger charge is -1.99. The van der Waals surface area contributed by atoms with E-state index in [0.29, 0.717) is 0 Å². The van der Waals surface area contributed by atoms with Crippen molar-refractivity contribution in [1.29, 1.82) is 0 Å². The number of rotatable bonds is 1. The van der Waals surface area contributed by atoms with Gasteiger partial charge < -0.3 is 4.98 Å². The highest BCUT2D eigenvalue weighted by atomic mass is 28.3. The van der Waals surface area contributed by atoms with Crippen LogP contribution in [0.3, 0.4) is 0 Å². The smallest absolute Gasteiger partial charge is 0.208 e. The number of amides is 1. The van der Waals surface area contributed by atoms with E-state index in [1.54, 1.807) is 0 Å². The van der Waals surface area contributed by atoms with Gasteiger partial charge in [-0.3, -0.25) is 4.79 Å². The van der Waals surface area contributed by atoms with Gasteiger partial charge in [-0.05, 0) is 0 Å². The van der Waals surface area contributed by atoms with Crippen LogP contribution in [0.5, 0.6) is 0 Å². The van der Waals surface area contributed by atoms with Gasteiger partial charge in [0.05, 0.1) is 0 Å². The Kier molecular flexibility index (Phi) is 2.67. The third-order valence-electron chi connectivity index (χ3n) is 0.426. The molecule has 41 valence electrons. The molecule has 0 aliphatic heterocycles. The topological polar surface area (TPSA) is 29.1 Å². The minimum Gasteiger partial charge on any atom is -0.383 e. The van der Waals surface area contributed by atoms with Crippen LogP contribution in [-0.2, 0) is 4.79 Å². The molecule has 0 saturated heterocycles. The number of nitrogens with one attached hydrogen (secondary N) is 1. The lowest BCUT2D eigenvalue weighted by molar-refractivity contribution is -0.117. The summed E-state index contributed by atoms with van der Waals surface area (Å²) >= 11 is 0. The summed E-state index contributed by atoms with van der Waals surface area (Å²) in [6.45, 7) is 5.61. The van der Waals surface area contributed by atoms with Gasteiger partial charge >= 0.3 is 0 Å². The van der Waals surface area contributed by atoms with Crippen LogP contribution in [0.15, 0.2) is 0 Å². The Labute approximate surface area is 45.6 Å². The highest BCUT2D eigenvalue weighted by Crippen LogP contribution is 1.69. The minimum atomic E-state index is -0.534. The van der Waals surface area contributed by atoms with Gasteiger partial charge in [0.15, 0.2) is 8.96 Å². The maximum atomic E-state index is 10.2. The molecular weight excluding hydrogens is 106 g/mol. The van der Waals surface area contributed by atoms with E-state index in [-0.39, 0.29) is 5.91 Å². The second kappa shape index (κ2) is 2.79. The Bertz CT molecular complexity index is 72.1. The fourth-order valence-corrected chi connectivity index (χ4v) is 1.06. The van der Waals surface area contributed by atoms with Crippen molar-refractivity contribution in [3.8, 4) is 0 Å². The van der Waals surface area contributed by atoms with E-state index in [2.05, 4.69) is 4.98 Å². The summed E-state index contributed by atoms with van der Waals surface area (Å²) in [5.74, 6) is 0.0823. The molecule has 0 saturated carbocycles. The lowest BCUT2D eigenvalue weighted by Crippen LogP contribution is -2.31. The number of hydrogen-bond acceptors (Lipinski definition) is 1. The third-order valence-corrected chi connectivity index (χ3v) is 1.28. The number of carbonyl (C=O) groups excluding carboxylic acids is 1. The predicted octanol–water partition coefficient (Wildman–Crippen LogP) is 0.374. The average Bonchev–Trinajstić information content (AvgIpc) is 1.27. The third kappa shape index (κ3) is 5.69. The summed E-state index contributed by atoms with van der Waals surface area (Å²) < 4.78 is 0. The van der Waals surface area contributed by atoms with Crippen LogP contribution in [0, 0.1) is 0 Å². The van der Waals surface area contributed by atoms with E-state index in [1.165, 1.54) is 6.92 Å². The quantitative estimate of drug-likeness (QED) is 0.493. The maximum absolute atomic E-state index is 10.2. The monoisotopic (exact) mass is 116 g/mol. The summed E-state index contributed by atoms with van der Waals surface area (Å²) in [4.78, 5) is 12.9. The van der Waals surface area contributed by atoms with Crippen molar-refractivity contribution in [2.24, 2.45) is 0 Å². The molecule has 0 spiro atoms. The van der Waals surface area contributed by atoms with Crippen LogP contribution in [0.4, 0.5) is 0 Å². The second-order valence-corrected chi connectivity index (χ2v) is 3.93. The first kappa shape index (κ1) is 6.69. The Morgan fingerprint density at radius 1 is 1.57 bits per heavy atom. The van der Waals surface area contributed by atoms with Gasteiger partial charge in [-0.1, -0.05) is 13.1 Å². The van der Waals surface area contributed by atoms with Crippen molar-refractivity contribution in [3.63, 3.8) is 0 Å². The van der Waals surface area contributed by atoms with Crippen molar-refractivity contribution in [1.82, 2.24) is 4.98 Å². The average molecular weight is 116 g/mol. The van der Waals surface area contributed by atoms with Gasteiger partial charge in [0.1, 0.15) is 0 Å². The first-order chi connectivity index (χ1) is 3.13. The van der Waals surface area contributed by atoms with E-state index in [1.807, 2.05) is 13.1 Å². The van der Waals surface area contributed by atoms with E-state index in [0.717, 1.165) is 0 Å². The minimum absolute atomic E-state index is 0.0823. The highest BCUT2D eigenvalue weighted by molar-refractivity contribution is 6.55. The van der Waals surface area contributed by atoms with Crippen LogP contribution in [0.25, 0.3) is 0 Å². The molecular formula is C4H10NOSi. The molecule has 0 aromatic heterocycles. The fourth-order valence-electron chi connectivity index (χ4n) is 0.352. The van der Waals surface area contributed by atoms with Crippen LogP contribution in [0.2, 0.25) is 13.1 Å². The van der Waals surface area contributed by atoms with Crippen LogP contribution in [-0.4, -0.2) is 14.9 Å². The number of carbonyl (C=O) groups is 1. The summed E-state index contributed by atoms with van der Waals surface area (Å²) in [5, 5.41) is 0. The van der Waals surface area contributed by atoms with Crippen molar-refractivity contribution < 1.29 is 4.79 Å². The molecule has 2 nitrogen and oxygen atoms in total. The van der Waals surface area contributed by atoms with Crippen LogP contribution >= 0.6 is 0 Å². The van der Waals surface area contributed by atoms with Crippen LogP contribution < -0.4 is 4.98 Å². The molecule has 0 aliphatic rings. The summed E-state index contributed by atoms with van der Waals surface area (Å²) in [5.41, 5.74) is 0. The molecule has 7 heavy (non-hydrogen) atoms. The van der Waals surface area contributed by atoms with Gasteiger partial charge in [-0.15, -0.1) is 0 Å². The first-order valence-corrected chi connectivity index (χ1v) is 4.70. The summed E-state index contributed by atoms with van der Waals surface area (Å²) in [6.07, 6.45) is 0. The zero-order valence-corrected chi connectivity index (χ0v) is 5.91. The van der Waals surface area contributed by atoms with Gasteiger partial charge in [-0.25, -0.2) is 0 Å². The standard InChI is InChI=1S/C4H10NOSi/c1-4(6)5-7(2)3/h1-3H3,(H,5,6). The molecule has 0 aromatic rings. The molecule has 0 aliphatic carbocycles. The Balaban J connectivity index is 3.13. The SMILES string of the molecule is CC(=O)N[Si](C)C. The largest absolute Gasteiger partial charge is 0.383 e. The van der Waals surface area contributed by atoms with Gasteiger partial charge in [0, 0.05) is 6.92 Å². The molecule has 3 heteroatoms. The molecule has 0 bridgehead atoms. The molecule has 0 fully saturated rings. The van der Waals surface area contributed by atoms with E-state index >= 15 is 0 Å². The van der Waals surface area contributed by atoms with E-state index in [4.69, 9.17) is 0 Å². The van der Waals surface area contributed by atoms with Crippen molar-refractivity contribution in [2.45, 2.75) is 20.0 Å². The van der Waals surface area contributed by atoms with Crippen molar-refractivity contribution in [3.05, 3.63) is 0 Å². The Morgan fingerprint density at radius 3 is 2.00 bits per heavy atom. The molecule has 0 aromatic carbocycles. The van der Waals surface area contributed by atoms with E-state index < -0.39 is 8.96 Å². The molecule has 1 N–H and O–H groups in total.